The fraction of sp³-hybridized carbons (Fsp3) is 0.400. The van der Waals surface area contributed by atoms with Crippen molar-refractivity contribution in [3.8, 4) is 5.75 Å². The number of hydrogen-bond acceptors (Lipinski definition) is 2. The Morgan fingerprint density at radius 2 is 2.11 bits per heavy atom. The third-order valence-corrected chi connectivity index (χ3v) is 3.60. The summed E-state index contributed by atoms with van der Waals surface area (Å²) in [5.41, 5.74) is 1.07. The van der Waals surface area contributed by atoms with E-state index in [-0.39, 0.29) is 5.91 Å². The summed E-state index contributed by atoms with van der Waals surface area (Å²) in [5, 5.41) is 1.10. The van der Waals surface area contributed by atoms with E-state index in [2.05, 4.69) is 4.98 Å². The molecule has 1 amide bonds. The van der Waals surface area contributed by atoms with E-state index in [0.717, 1.165) is 42.6 Å². The van der Waals surface area contributed by atoms with E-state index in [1.54, 1.807) is 0 Å². The molecule has 0 bridgehead atoms. The third kappa shape index (κ3) is 2.43. The first-order chi connectivity index (χ1) is 9.24. The zero-order valence-corrected chi connectivity index (χ0v) is 11.1. The number of carbonyl (C=O) groups excluding carboxylic acids is 1. The molecule has 3 rings (SSSR count). The molecular weight excluding hydrogens is 240 g/mol. The van der Waals surface area contributed by atoms with Gasteiger partial charge in [0.1, 0.15) is 5.75 Å². The Labute approximate surface area is 112 Å². The lowest BCUT2D eigenvalue weighted by molar-refractivity contribution is -0.136. The van der Waals surface area contributed by atoms with E-state index in [4.69, 9.17) is 4.74 Å². The molecule has 0 spiro atoms. The van der Waals surface area contributed by atoms with Gasteiger partial charge in [-0.3, -0.25) is 4.79 Å². The Morgan fingerprint density at radius 3 is 2.89 bits per heavy atom. The van der Waals surface area contributed by atoms with Crippen molar-refractivity contribution in [1.29, 1.82) is 0 Å². The summed E-state index contributed by atoms with van der Waals surface area (Å²) in [6.45, 7) is 3.55. The molecule has 1 aromatic heterocycles. The van der Waals surface area contributed by atoms with Crippen molar-refractivity contribution in [3.63, 3.8) is 0 Å². The highest BCUT2D eigenvalue weighted by molar-refractivity contribution is 5.82. The second kappa shape index (κ2) is 4.96. The van der Waals surface area contributed by atoms with Crippen LogP contribution in [0.2, 0.25) is 0 Å². The maximum atomic E-state index is 12.2. The van der Waals surface area contributed by atoms with E-state index >= 15 is 0 Å². The minimum absolute atomic E-state index is 0.0895. The summed E-state index contributed by atoms with van der Waals surface area (Å²) in [6.07, 6.45) is 3.68. The fourth-order valence-corrected chi connectivity index (χ4v) is 2.55. The quantitative estimate of drug-likeness (QED) is 0.919. The number of likely N-dealkylation sites (tertiary alicyclic amines) is 1. The van der Waals surface area contributed by atoms with Crippen molar-refractivity contribution in [2.24, 2.45) is 0 Å². The SMILES string of the molecule is CC(Oc1ccc2[nH]ccc2c1)C(=O)N1CCCC1. The maximum absolute atomic E-state index is 12.2. The monoisotopic (exact) mass is 258 g/mol. The van der Waals surface area contributed by atoms with Gasteiger partial charge in [-0.1, -0.05) is 0 Å². The van der Waals surface area contributed by atoms with Gasteiger partial charge < -0.3 is 14.6 Å². The number of hydrogen-bond donors (Lipinski definition) is 1. The molecule has 1 unspecified atom stereocenters. The van der Waals surface area contributed by atoms with Gasteiger partial charge in [-0.15, -0.1) is 0 Å². The summed E-state index contributed by atoms with van der Waals surface area (Å²) < 4.78 is 5.76. The number of ether oxygens (including phenoxy) is 1. The van der Waals surface area contributed by atoms with Gasteiger partial charge in [0.05, 0.1) is 0 Å². The molecule has 4 nitrogen and oxygen atoms in total. The number of rotatable bonds is 3. The molecule has 0 aliphatic carbocycles. The minimum atomic E-state index is -0.422. The number of carbonyl (C=O) groups is 1. The number of H-pyrrole nitrogens is 1. The Kier molecular flexibility index (Phi) is 3.15. The third-order valence-electron chi connectivity index (χ3n) is 3.60. The number of nitrogens with zero attached hydrogens (tertiary/aromatic N) is 1. The molecule has 0 saturated carbocycles. The van der Waals surface area contributed by atoms with Crippen LogP contribution in [0.5, 0.6) is 5.75 Å². The first kappa shape index (κ1) is 12.1. The van der Waals surface area contributed by atoms with Gasteiger partial charge in [0.15, 0.2) is 6.10 Å². The summed E-state index contributed by atoms with van der Waals surface area (Å²) >= 11 is 0. The number of fused-ring (bicyclic) bond motifs is 1. The van der Waals surface area contributed by atoms with Crippen molar-refractivity contribution in [3.05, 3.63) is 30.5 Å². The van der Waals surface area contributed by atoms with Crippen LogP contribution in [0, 0.1) is 0 Å². The Hall–Kier alpha value is -1.97. The van der Waals surface area contributed by atoms with Crippen molar-refractivity contribution in [2.45, 2.75) is 25.9 Å². The summed E-state index contributed by atoms with van der Waals surface area (Å²) in [6, 6.07) is 7.82. The van der Waals surface area contributed by atoms with Gasteiger partial charge >= 0.3 is 0 Å². The zero-order chi connectivity index (χ0) is 13.2. The molecule has 4 heteroatoms. The molecule has 100 valence electrons. The number of benzene rings is 1. The number of nitrogens with one attached hydrogen (secondary N) is 1. The van der Waals surface area contributed by atoms with Crippen molar-refractivity contribution >= 4 is 16.8 Å². The smallest absolute Gasteiger partial charge is 0.263 e. The van der Waals surface area contributed by atoms with Crippen LogP contribution < -0.4 is 4.74 Å². The van der Waals surface area contributed by atoms with Crippen LogP contribution in [0.15, 0.2) is 30.5 Å². The first-order valence-corrected chi connectivity index (χ1v) is 6.76. The molecule has 1 aliphatic rings. The van der Waals surface area contributed by atoms with E-state index in [9.17, 15) is 4.79 Å². The summed E-state index contributed by atoms with van der Waals surface area (Å²) in [4.78, 5) is 17.2. The van der Waals surface area contributed by atoms with Crippen LogP contribution in [0.4, 0.5) is 0 Å². The molecule has 1 aromatic carbocycles. The highest BCUT2D eigenvalue weighted by atomic mass is 16.5. The maximum Gasteiger partial charge on any atom is 0.263 e. The van der Waals surface area contributed by atoms with E-state index in [1.807, 2.05) is 42.3 Å². The number of amides is 1. The van der Waals surface area contributed by atoms with Crippen LogP contribution in [0.25, 0.3) is 10.9 Å². The highest BCUT2D eigenvalue weighted by Gasteiger charge is 2.24. The predicted octanol–water partition coefficient (Wildman–Crippen LogP) is 2.56. The second-order valence-corrected chi connectivity index (χ2v) is 5.02. The molecule has 1 saturated heterocycles. The second-order valence-electron chi connectivity index (χ2n) is 5.02. The fourth-order valence-electron chi connectivity index (χ4n) is 2.55. The van der Waals surface area contributed by atoms with Crippen molar-refractivity contribution in [1.82, 2.24) is 9.88 Å². The van der Waals surface area contributed by atoms with Crippen molar-refractivity contribution < 1.29 is 9.53 Å². The number of aromatic amines is 1. The van der Waals surface area contributed by atoms with Gasteiger partial charge in [0.25, 0.3) is 5.91 Å². The predicted molar refractivity (Wildman–Crippen MR) is 74.2 cm³/mol. The normalized spacial score (nSPS) is 16.8. The minimum Gasteiger partial charge on any atom is -0.481 e. The van der Waals surface area contributed by atoms with Crippen LogP contribution in [-0.2, 0) is 4.79 Å². The molecular formula is C15H18N2O2. The van der Waals surface area contributed by atoms with Gasteiger partial charge in [-0.25, -0.2) is 0 Å². The van der Waals surface area contributed by atoms with E-state index < -0.39 is 6.10 Å². The van der Waals surface area contributed by atoms with Crippen LogP contribution in [0.3, 0.4) is 0 Å². The van der Waals surface area contributed by atoms with Crippen molar-refractivity contribution in [2.75, 3.05) is 13.1 Å². The van der Waals surface area contributed by atoms with Gasteiger partial charge in [-0.2, -0.15) is 0 Å². The zero-order valence-electron chi connectivity index (χ0n) is 11.1. The van der Waals surface area contributed by atoms with Crippen LogP contribution in [0.1, 0.15) is 19.8 Å². The lowest BCUT2D eigenvalue weighted by atomic mass is 10.2. The Bertz CT molecular complexity index is 585. The van der Waals surface area contributed by atoms with Crippen LogP contribution >= 0.6 is 0 Å². The van der Waals surface area contributed by atoms with Gasteiger partial charge in [0.2, 0.25) is 0 Å². The van der Waals surface area contributed by atoms with Gasteiger partial charge in [-0.05, 0) is 44.0 Å². The average molecular weight is 258 g/mol. The summed E-state index contributed by atoms with van der Waals surface area (Å²) in [5.74, 6) is 0.832. The topological polar surface area (TPSA) is 45.3 Å². The molecule has 0 radical (unpaired) electrons. The van der Waals surface area contributed by atoms with E-state index in [1.165, 1.54) is 0 Å². The summed E-state index contributed by atoms with van der Waals surface area (Å²) in [7, 11) is 0. The molecule has 2 heterocycles. The highest BCUT2D eigenvalue weighted by Crippen LogP contribution is 2.21. The molecule has 1 fully saturated rings. The first-order valence-electron chi connectivity index (χ1n) is 6.76. The molecule has 19 heavy (non-hydrogen) atoms. The Morgan fingerprint density at radius 1 is 1.32 bits per heavy atom. The standard InChI is InChI=1S/C15H18N2O2/c1-11(15(18)17-8-2-3-9-17)19-13-4-5-14-12(10-13)6-7-16-14/h4-7,10-11,16H,2-3,8-9H2,1H3. The molecule has 1 aliphatic heterocycles. The van der Waals surface area contributed by atoms with Crippen LogP contribution in [-0.4, -0.2) is 35.0 Å². The number of aromatic nitrogens is 1. The lowest BCUT2D eigenvalue weighted by Gasteiger charge is -2.21. The molecule has 1 N–H and O–H groups in total. The molecule has 1 atom stereocenters. The van der Waals surface area contributed by atoms with Gasteiger partial charge in [0, 0.05) is 30.2 Å². The van der Waals surface area contributed by atoms with E-state index in [0.29, 0.717) is 0 Å². The Balaban J connectivity index is 1.70. The molecule has 2 aromatic rings. The lowest BCUT2D eigenvalue weighted by Crippen LogP contribution is -2.38. The average Bonchev–Trinajstić information content (AvgIpc) is 3.08. The largest absolute Gasteiger partial charge is 0.481 e.